The molecule has 4 nitrogen and oxygen atoms in total. The summed E-state index contributed by atoms with van der Waals surface area (Å²) in [6.45, 7) is 2.39. The van der Waals surface area contributed by atoms with Crippen LogP contribution in [0.15, 0.2) is 27.1 Å². The Hall–Kier alpha value is -0.880. The average molecular weight is 393 g/mol. The number of carbonyl (C=O) groups excluding carboxylic acids is 1. The minimum atomic E-state index is -0.811. The second kappa shape index (κ2) is 7.65. The minimum absolute atomic E-state index is 0.124. The molecule has 0 aliphatic carbocycles. The number of benzene rings is 1. The smallest absolute Gasteiger partial charge is 0.303 e. The second-order valence-corrected chi connectivity index (χ2v) is 6.24. The first-order valence-electron chi connectivity index (χ1n) is 5.84. The lowest BCUT2D eigenvalue weighted by atomic mass is 10.1. The van der Waals surface area contributed by atoms with Crippen LogP contribution in [0.4, 0.5) is 0 Å². The predicted octanol–water partition coefficient (Wildman–Crippen LogP) is 3.44. The van der Waals surface area contributed by atoms with Crippen molar-refractivity contribution in [1.82, 2.24) is 5.32 Å². The van der Waals surface area contributed by atoms with E-state index in [9.17, 15) is 9.59 Å². The number of hydrogen-bond donors (Lipinski definition) is 2. The third-order valence-electron chi connectivity index (χ3n) is 2.59. The highest BCUT2D eigenvalue weighted by Crippen LogP contribution is 2.20. The molecule has 0 aliphatic heterocycles. The van der Waals surface area contributed by atoms with E-state index >= 15 is 0 Å². The Labute approximate surface area is 128 Å². The molecule has 1 atom stereocenters. The minimum Gasteiger partial charge on any atom is -0.481 e. The summed E-state index contributed by atoms with van der Waals surface area (Å²) in [4.78, 5) is 22.4. The molecule has 19 heavy (non-hydrogen) atoms. The van der Waals surface area contributed by atoms with Crippen molar-refractivity contribution in [3.8, 4) is 0 Å². The molecule has 0 spiro atoms. The van der Waals surface area contributed by atoms with Crippen molar-refractivity contribution in [3.63, 3.8) is 0 Å². The van der Waals surface area contributed by atoms with Crippen LogP contribution in [0, 0.1) is 5.92 Å². The molecule has 0 saturated heterocycles. The van der Waals surface area contributed by atoms with Crippen LogP contribution in [0.5, 0.6) is 0 Å². The molecule has 1 aromatic rings. The van der Waals surface area contributed by atoms with Crippen LogP contribution in [0.3, 0.4) is 0 Å². The number of aliphatic carboxylic acids is 1. The maximum Gasteiger partial charge on any atom is 0.303 e. The average Bonchev–Trinajstić information content (AvgIpc) is 2.32. The standard InChI is InChI=1S/C13H15Br2NO3/c1-8(2-3-12(17)18)7-16-13(19)9-4-10(14)6-11(15)5-9/h4-6,8H,2-3,7H2,1H3,(H,16,19)(H,17,18). The van der Waals surface area contributed by atoms with E-state index in [0.717, 1.165) is 8.95 Å². The van der Waals surface area contributed by atoms with E-state index in [2.05, 4.69) is 37.2 Å². The fraction of sp³-hybridized carbons (Fsp3) is 0.385. The summed E-state index contributed by atoms with van der Waals surface area (Å²) in [5, 5.41) is 11.4. The maximum absolute atomic E-state index is 11.9. The quantitative estimate of drug-likeness (QED) is 0.779. The molecule has 0 fully saturated rings. The number of carboxylic acids is 1. The molecule has 0 bridgehead atoms. The Balaban J connectivity index is 2.48. The van der Waals surface area contributed by atoms with Crippen molar-refractivity contribution in [2.75, 3.05) is 6.54 Å². The van der Waals surface area contributed by atoms with Crippen LogP contribution in [0.25, 0.3) is 0 Å². The number of amides is 1. The van der Waals surface area contributed by atoms with Crippen molar-refractivity contribution in [3.05, 3.63) is 32.7 Å². The van der Waals surface area contributed by atoms with Gasteiger partial charge in [-0.1, -0.05) is 38.8 Å². The molecule has 1 unspecified atom stereocenters. The van der Waals surface area contributed by atoms with Gasteiger partial charge in [0.05, 0.1) is 0 Å². The molecule has 0 aliphatic rings. The summed E-state index contributed by atoms with van der Waals surface area (Å²) < 4.78 is 1.65. The van der Waals surface area contributed by atoms with Gasteiger partial charge in [0.25, 0.3) is 5.91 Å². The number of halogens is 2. The van der Waals surface area contributed by atoms with Crippen molar-refractivity contribution in [1.29, 1.82) is 0 Å². The fourth-order valence-corrected chi connectivity index (χ4v) is 2.82. The molecule has 6 heteroatoms. The fourth-order valence-electron chi connectivity index (χ4n) is 1.53. The second-order valence-electron chi connectivity index (χ2n) is 4.41. The zero-order valence-corrected chi connectivity index (χ0v) is 13.6. The van der Waals surface area contributed by atoms with E-state index in [1.807, 2.05) is 13.0 Å². The molecule has 0 saturated carbocycles. The summed E-state index contributed by atoms with van der Waals surface area (Å²) in [7, 11) is 0. The van der Waals surface area contributed by atoms with Crippen LogP contribution in [-0.2, 0) is 4.79 Å². The molecule has 2 N–H and O–H groups in total. The monoisotopic (exact) mass is 391 g/mol. The third kappa shape index (κ3) is 6.20. The van der Waals surface area contributed by atoms with Gasteiger partial charge in [-0.3, -0.25) is 9.59 Å². The van der Waals surface area contributed by atoms with Gasteiger partial charge in [-0.05, 0) is 30.5 Å². The molecule has 1 aromatic carbocycles. The van der Waals surface area contributed by atoms with Gasteiger partial charge in [0.1, 0.15) is 0 Å². The van der Waals surface area contributed by atoms with Gasteiger partial charge < -0.3 is 10.4 Å². The van der Waals surface area contributed by atoms with Crippen molar-refractivity contribution >= 4 is 43.7 Å². The van der Waals surface area contributed by atoms with Crippen LogP contribution >= 0.6 is 31.9 Å². The Morgan fingerprint density at radius 1 is 1.26 bits per heavy atom. The van der Waals surface area contributed by atoms with Crippen LogP contribution in [0.2, 0.25) is 0 Å². The lowest BCUT2D eigenvalue weighted by Gasteiger charge is -2.11. The highest BCUT2D eigenvalue weighted by atomic mass is 79.9. The third-order valence-corrected chi connectivity index (χ3v) is 3.50. The molecular weight excluding hydrogens is 378 g/mol. The first-order valence-corrected chi connectivity index (χ1v) is 7.43. The van der Waals surface area contributed by atoms with Gasteiger partial charge in [0.2, 0.25) is 0 Å². The maximum atomic E-state index is 11.9. The predicted molar refractivity (Wildman–Crippen MR) is 80.2 cm³/mol. The van der Waals surface area contributed by atoms with Crippen LogP contribution in [0.1, 0.15) is 30.1 Å². The van der Waals surface area contributed by atoms with Gasteiger partial charge in [0, 0.05) is 27.5 Å². The van der Waals surface area contributed by atoms with Crippen molar-refractivity contribution in [2.45, 2.75) is 19.8 Å². The van der Waals surface area contributed by atoms with Gasteiger partial charge >= 0.3 is 5.97 Å². The lowest BCUT2D eigenvalue weighted by molar-refractivity contribution is -0.137. The molecular formula is C13H15Br2NO3. The van der Waals surface area contributed by atoms with Crippen LogP contribution < -0.4 is 5.32 Å². The van der Waals surface area contributed by atoms with E-state index in [0.29, 0.717) is 18.5 Å². The van der Waals surface area contributed by atoms with Crippen molar-refractivity contribution in [2.24, 2.45) is 5.92 Å². The van der Waals surface area contributed by atoms with E-state index in [-0.39, 0.29) is 18.2 Å². The van der Waals surface area contributed by atoms with Crippen molar-refractivity contribution < 1.29 is 14.7 Å². The zero-order valence-electron chi connectivity index (χ0n) is 10.5. The van der Waals surface area contributed by atoms with Gasteiger partial charge in [-0.15, -0.1) is 0 Å². The number of hydrogen-bond acceptors (Lipinski definition) is 2. The van der Waals surface area contributed by atoms with E-state index in [1.165, 1.54) is 0 Å². The first kappa shape index (κ1) is 16.2. The highest BCUT2D eigenvalue weighted by molar-refractivity contribution is 9.11. The molecule has 0 radical (unpaired) electrons. The summed E-state index contributed by atoms with van der Waals surface area (Å²) in [6, 6.07) is 5.33. The van der Waals surface area contributed by atoms with Gasteiger partial charge in [0.15, 0.2) is 0 Å². The molecule has 104 valence electrons. The normalized spacial score (nSPS) is 11.9. The van der Waals surface area contributed by atoms with Crippen LogP contribution in [-0.4, -0.2) is 23.5 Å². The Morgan fingerprint density at radius 3 is 2.37 bits per heavy atom. The summed E-state index contributed by atoms with van der Waals surface area (Å²) in [5.74, 6) is -0.839. The number of nitrogens with one attached hydrogen (secondary N) is 1. The Morgan fingerprint density at radius 2 is 1.84 bits per heavy atom. The van der Waals surface area contributed by atoms with Gasteiger partial charge in [-0.2, -0.15) is 0 Å². The van der Waals surface area contributed by atoms with E-state index in [4.69, 9.17) is 5.11 Å². The first-order chi connectivity index (χ1) is 8.88. The topological polar surface area (TPSA) is 66.4 Å². The van der Waals surface area contributed by atoms with Gasteiger partial charge in [-0.25, -0.2) is 0 Å². The molecule has 0 heterocycles. The molecule has 1 amide bonds. The summed E-state index contributed by atoms with van der Waals surface area (Å²) in [6.07, 6.45) is 0.678. The number of carbonyl (C=O) groups is 2. The summed E-state index contributed by atoms with van der Waals surface area (Å²) in [5.41, 5.74) is 0.562. The Kier molecular flexibility index (Phi) is 6.51. The molecule has 1 rings (SSSR count). The Bertz CT molecular complexity index is 457. The summed E-state index contributed by atoms with van der Waals surface area (Å²) >= 11 is 6.65. The van der Waals surface area contributed by atoms with E-state index in [1.54, 1.807) is 12.1 Å². The molecule has 0 aromatic heterocycles. The van der Waals surface area contributed by atoms with E-state index < -0.39 is 5.97 Å². The number of carboxylic acid groups (broad SMARTS) is 1. The number of rotatable bonds is 6. The highest BCUT2D eigenvalue weighted by Gasteiger charge is 2.10. The zero-order chi connectivity index (χ0) is 14.4. The lowest BCUT2D eigenvalue weighted by Crippen LogP contribution is -2.28. The SMILES string of the molecule is CC(CCC(=O)O)CNC(=O)c1cc(Br)cc(Br)c1. The largest absolute Gasteiger partial charge is 0.481 e.